The summed E-state index contributed by atoms with van der Waals surface area (Å²) in [6.07, 6.45) is 5.12. The van der Waals surface area contributed by atoms with Crippen molar-refractivity contribution >= 4 is 17.9 Å². The van der Waals surface area contributed by atoms with Crippen LogP contribution >= 0.6 is 0 Å². The van der Waals surface area contributed by atoms with E-state index in [1.807, 2.05) is 50.2 Å². The van der Waals surface area contributed by atoms with Crippen molar-refractivity contribution in [1.82, 2.24) is 35.1 Å². The van der Waals surface area contributed by atoms with Crippen molar-refractivity contribution in [1.29, 1.82) is 0 Å². The number of rotatable bonds is 11. The third kappa shape index (κ3) is 7.89. The van der Waals surface area contributed by atoms with Crippen LogP contribution in [-0.2, 0) is 28.8 Å². The Hall–Kier alpha value is -5.05. The number of hydrogen-bond acceptors (Lipinski definition) is 9. The third-order valence-corrected chi connectivity index (χ3v) is 11.2. The van der Waals surface area contributed by atoms with Gasteiger partial charge in [-0.15, -0.1) is 0 Å². The molecule has 7 rings (SSSR count). The van der Waals surface area contributed by atoms with Gasteiger partial charge in [0.2, 0.25) is 11.8 Å². The molecule has 0 radical (unpaired) electrons. The number of amides is 3. The van der Waals surface area contributed by atoms with E-state index in [9.17, 15) is 14.4 Å². The number of likely N-dealkylation sites (tertiary alicyclic amines) is 2. The molecule has 3 amide bonds. The Morgan fingerprint density at radius 2 is 1.51 bits per heavy atom. The van der Waals surface area contributed by atoms with Crippen molar-refractivity contribution in [3.05, 3.63) is 72.6 Å². The molecule has 4 aromatic rings. The zero-order chi connectivity index (χ0) is 38.9. The number of H-pyrrole nitrogens is 2. The molecule has 1 spiro atoms. The van der Waals surface area contributed by atoms with Gasteiger partial charge in [0.15, 0.2) is 5.79 Å². The summed E-state index contributed by atoms with van der Waals surface area (Å²) in [5, 5.41) is 2.62. The first kappa shape index (κ1) is 38.2. The highest BCUT2D eigenvalue weighted by atomic mass is 17.2. The van der Waals surface area contributed by atoms with Crippen LogP contribution in [-0.4, -0.2) is 92.9 Å². The molecule has 292 valence electrons. The van der Waals surface area contributed by atoms with E-state index in [0.717, 1.165) is 58.9 Å². The maximum absolute atomic E-state index is 14.0. The SMILES string of the molecule is COOC(=O)N[C@H](C(=O)N1CC2(C[C@H]1c1nc(-c3ccc(-c4ccc(-c5cnc([C@@H]6CCCN6C(=O)[C@@H](C)C(C)C)[nH]5)cc4)cc3)c[nH]1)OCCO2)C(C)C. The highest BCUT2D eigenvalue weighted by molar-refractivity contribution is 5.86. The number of nitrogens with zero attached hydrogens (tertiary/aromatic N) is 4. The molecule has 2 aromatic heterocycles. The predicted octanol–water partition coefficient (Wildman–Crippen LogP) is 6.42. The average molecular weight is 754 g/mol. The zero-order valence-electron chi connectivity index (χ0n) is 32.3. The summed E-state index contributed by atoms with van der Waals surface area (Å²) in [5.74, 6) is 0.437. The fraction of sp³-hybridized carbons (Fsp3) is 0.488. The highest BCUT2D eigenvalue weighted by Crippen LogP contribution is 2.43. The Morgan fingerprint density at radius 1 is 0.855 bits per heavy atom. The summed E-state index contributed by atoms with van der Waals surface area (Å²) >= 11 is 0. The molecule has 3 aliphatic heterocycles. The van der Waals surface area contributed by atoms with E-state index in [1.54, 1.807) is 4.90 Å². The molecule has 14 nitrogen and oxygen atoms in total. The molecule has 3 fully saturated rings. The van der Waals surface area contributed by atoms with E-state index >= 15 is 0 Å². The summed E-state index contributed by atoms with van der Waals surface area (Å²) in [6.45, 7) is 11.7. The minimum absolute atomic E-state index is 0.0210. The van der Waals surface area contributed by atoms with Crippen LogP contribution in [0.15, 0.2) is 60.9 Å². The molecular weight excluding hydrogens is 702 g/mol. The summed E-state index contributed by atoms with van der Waals surface area (Å²) in [5.41, 5.74) is 5.72. The number of imidazole rings is 2. The normalized spacial score (nSPS) is 20.4. The van der Waals surface area contributed by atoms with E-state index in [4.69, 9.17) is 19.4 Å². The van der Waals surface area contributed by atoms with E-state index in [-0.39, 0.29) is 36.2 Å². The topological polar surface area (TPSA) is 164 Å². The fourth-order valence-corrected chi connectivity index (χ4v) is 7.78. The monoisotopic (exact) mass is 753 g/mol. The number of hydrogen-bond donors (Lipinski definition) is 3. The van der Waals surface area contributed by atoms with Gasteiger partial charge in [-0.3, -0.25) is 14.5 Å². The molecule has 3 N–H and O–H groups in total. The van der Waals surface area contributed by atoms with Gasteiger partial charge in [0.05, 0.1) is 56.5 Å². The smallest absolute Gasteiger partial charge is 0.346 e. The standard InChI is InChI=1S/C41H51N7O7/c1-24(2)26(5)38(49)47-17-7-8-33(47)36-42-21-31(44-36)29-13-9-27(10-14-29)28-11-15-30(16-12-28)32-22-43-37(45-32)34-20-41(53-18-19-54-41)23-48(34)39(50)35(25(3)4)46-40(51)55-52-6/h9-16,21-22,24-26,33-35H,7-8,17-20,23H2,1-6H3,(H,42,44)(H,43,45)(H,46,51)/t26-,33-,34-,35-/m0/s1. The second-order valence-electron chi connectivity index (χ2n) is 15.4. The van der Waals surface area contributed by atoms with E-state index in [2.05, 4.69) is 75.3 Å². The molecule has 4 atom stereocenters. The number of ether oxygens (including phenoxy) is 2. The van der Waals surface area contributed by atoms with Crippen LogP contribution in [0.25, 0.3) is 33.6 Å². The third-order valence-electron chi connectivity index (χ3n) is 11.2. The van der Waals surface area contributed by atoms with E-state index < -0.39 is 24.0 Å². The summed E-state index contributed by atoms with van der Waals surface area (Å²) in [7, 11) is 1.22. The second-order valence-corrected chi connectivity index (χ2v) is 15.4. The van der Waals surface area contributed by atoms with Crippen LogP contribution in [0, 0.1) is 17.8 Å². The largest absolute Gasteiger partial charge is 0.439 e. The predicted molar refractivity (Wildman–Crippen MR) is 204 cm³/mol. The summed E-state index contributed by atoms with van der Waals surface area (Å²) < 4.78 is 12.0. The van der Waals surface area contributed by atoms with Gasteiger partial charge >= 0.3 is 6.09 Å². The van der Waals surface area contributed by atoms with Crippen molar-refractivity contribution in [2.24, 2.45) is 17.8 Å². The zero-order valence-corrected chi connectivity index (χ0v) is 32.3. The van der Waals surface area contributed by atoms with Crippen LogP contribution in [0.2, 0.25) is 0 Å². The van der Waals surface area contributed by atoms with E-state index in [0.29, 0.717) is 31.4 Å². The molecule has 0 unspecified atom stereocenters. The minimum Gasteiger partial charge on any atom is -0.346 e. The number of aromatic nitrogens is 4. The summed E-state index contributed by atoms with van der Waals surface area (Å²) in [4.78, 5) is 68.5. The van der Waals surface area contributed by atoms with Crippen molar-refractivity contribution < 1.29 is 33.6 Å². The molecule has 3 saturated heterocycles. The van der Waals surface area contributed by atoms with Gasteiger partial charge in [0, 0.05) is 30.6 Å². The van der Waals surface area contributed by atoms with Crippen molar-refractivity contribution in [2.75, 3.05) is 33.4 Å². The molecule has 0 aliphatic carbocycles. The number of nitrogens with one attached hydrogen (secondary N) is 3. The van der Waals surface area contributed by atoms with Gasteiger partial charge in [-0.1, -0.05) is 83.1 Å². The summed E-state index contributed by atoms with van der Waals surface area (Å²) in [6, 6.07) is 15.2. The molecule has 0 saturated carbocycles. The van der Waals surface area contributed by atoms with Crippen LogP contribution in [0.1, 0.15) is 77.6 Å². The number of carbonyl (C=O) groups is 3. The van der Waals surface area contributed by atoms with Crippen molar-refractivity contribution in [3.8, 4) is 33.6 Å². The Balaban J connectivity index is 1.04. The van der Waals surface area contributed by atoms with Gasteiger partial charge in [0.25, 0.3) is 0 Å². The van der Waals surface area contributed by atoms with Crippen LogP contribution < -0.4 is 5.32 Å². The Kier molecular flexibility index (Phi) is 11.1. The van der Waals surface area contributed by atoms with Crippen molar-refractivity contribution in [2.45, 2.75) is 77.8 Å². The molecule has 2 aromatic carbocycles. The van der Waals surface area contributed by atoms with E-state index in [1.165, 1.54) is 7.11 Å². The van der Waals surface area contributed by atoms with Crippen LogP contribution in [0.3, 0.4) is 0 Å². The van der Waals surface area contributed by atoms with Gasteiger partial charge in [-0.05, 0) is 41.4 Å². The van der Waals surface area contributed by atoms with Crippen LogP contribution in [0.4, 0.5) is 4.79 Å². The average Bonchev–Trinajstić information content (AvgIpc) is 4.04. The van der Waals surface area contributed by atoms with Gasteiger partial charge in [0.1, 0.15) is 17.7 Å². The molecule has 3 aliphatic rings. The molecule has 14 heteroatoms. The Bertz CT molecular complexity index is 1970. The lowest BCUT2D eigenvalue weighted by Gasteiger charge is -2.30. The Labute approximate surface area is 321 Å². The van der Waals surface area contributed by atoms with Gasteiger partial charge < -0.3 is 34.6 Å². The van der Waals surface area contributed by atoms with Gasteiger partial charge in [-0.25, -0.2) is 14.8 Å². The van der Waals surface area contributed by atoms with Gasteiger partial charge in [-0.2, -0.15) is 4.89 Å². The van der Waals surface area contributed by atoms with Crippen LogP contribution in [0.5, 0.6) is 0 Å². The first-order valence-corrected chi connectivity index (χ1v) is 19.2. The molecule has 55 heavy (non-hydrogen) atoms. The maximum atomic E-state index is 14.0. The molecule has 5 heterocycles. The highest BCUT2D eigenvalue weighted by Gasteiger charge is 2.53. The lowest BCUT2D eigenvalue weighted by molar-refractivity contribution is -0.213. The Morgan fingerprint density at radius 3 is 2.15 bits per heavy atom. The minimum atomic E-state index is -0.942. The lowest BCUT2D eigenvalue weighted by atomic mass is 9.96. The first-order valence-electron chi connectivity index (χ1n) is 19.2. The fourth-order valence-electron chi connectivity index (χ4n) is 7.78. The first-order chi connectivity index (χ1) is 26.5. The van der Waals surface area contributed by atoms with Crippen molar-refractivity contribution in [3.63, 3.8) is 0 Å². The molecule has 0 bridgehead atoms. The maximum Gasteiger partial charge on any atom is 0.439 e. The quantitative estimate of drug-likeness (QED) is 0.116. The lowest BCUT2D eigenvalue weighted by Crippen LogP contribution is -2.52. The number of benzene rings is 2. The number of aromatic amines is 2. The second kappa shape index (κ2) is 16.0. The number of carbonyl (C=O) groups excluding carboxylic acids is 3. The molecular formula is C41H51N7O7.